The van der Waals surface area contributed by atoms with Crippen LogP contribution in [0.1, 0.15) is 42.4 Å². The minimum absolute atomic E-state index is 0.0934. The molecule has 2 heterocycles. The molecule has 158 valence electrons. The van der Waals surface area contributed by atoms with Crippen LogP contribution >= 0.6 is 0 Å². The molecule has 0 saturated carbocycles. The van der Waals surface area contributed by atoms with Crippen molar-refractivity contribution in [3.8, 4) is 0 Å². The summed E-state index contributed by atoms with van der Waals surface area (Å²) in [6.45, 7) is 7.66. The first-order chi connectivity index (χ1) is 14.3. The highest BCUT2D eigenvalue weighted by Gasteiger charge is 2.15. The van der Waals surface area contributed by atoms with Crippen molar-refractivity contribution in [2.45, 2.75) is 39.3 Å². The zero-order chi connectivity index (χ0) is 21.7. The van der Waals surface area contributed by atoms with Gasteiger partial charge in [0.05, 0.1) is 25.9 Å². The number of nitrogens with one attached hydrogen (secondary N) is 1. The Morgan fingerprint density at radius 2 is 1.80 bits per heavy atom. The zero-order valence-corrected chi connectivity index (χ0v) is 17.8. The molecule has 0 aliphatic rings. The number of nitrogens with zero attached hydrogens (tertiary/aromatic N) is 4. The standard InChI is InChI=1S/C22H27N5O3/c1-22(2,3)17-7-5-16(6-8-17)15-27-19(11-12-23-27)24-21(29)18-9-10-20(28)26(25-18)13-14-30-4/h5-12H,13-15H2,1-4H3,(H,24,29). The first-order valence-corrected chi connectivity index (χ1v) is 9.77. The molecule has 1 amide bonds. The lowest BCUT2D eigenvalue weighted by molar-refractivity contribution is 0.101. The summed E-state index contributed by atoms with van der Waals surface area (Å²) in [5.41, 5.74) is 2.29. The van der Waals surface area contributed by atoms with Crippen LogP contribution in [0.5, 0.6) is 0 Å². The van der Waals surface area contributed by atoms with E-state index in [0.29, 0.717) is 19.0 Å². The quantitative estimate of drug-likeness (QED) is 0.648. The fourth-order valence-corrected chi connectivity index (χ4v) is 2.94. The van der Waals surface area contributed by atoms with Gasteiger partial charge in [-0.2, -0.15) is 10.2 Å². The molecule has 0 unspecified atom stereocenters. The van der Waals surface area contributed by atoms with Crippen molar-refractivity contribution >= 4 is 11.7 Å². The highest BCUT2D eigenvalue weighted by atomic mass is 16.5. The number of carbonyl (C=O) groups is 1. The summed E-state index contributed by atoms with van der Waals surface area (Å²) in [6.07, 6.45) is 1.63. The third-order valence-electron chi connectivity index (χ3n) is 4.72. The van der Waals surface area contributed by atoms with Gasteiger partial charge in [0, 0.05) is 19.2 Å². The Morgan fingerprint density at radius 3 is 2.47 bits per heavy atom. The molecule has 3 rings (SSSR count). The molecule has 30 heavy (non-hydrogen) atoms. The normalized spacial score (nSPS) is 11.5. The van der Waals surface area contributed by atoms with Crippen LogP contribution in [0.2, 0.25) is 0 Å². The van der Waals surface area contributed by atoms with Gasteiger partial charge in [-0.1, -0.05) is 45.0 Å². The van der Waals surface area contributed by atoms with Crippen molar-refractivity contribution in [1.82, 2.24) is 19.6 Å². The molecule has 0 atom stereocenters. The van der Waals surface area contributed by atoms with Gasteiger partial charge in [0.25, 0.3) is 11.5 Å². The van der Waals surface area contributed by atoms with Gasteiger partial charge in [-0.05, 0) is 22.6 Å². The zero-order valence-electron chi connectivity index (χ0n) is 17.8. The first-order valence-electron chi connectivity index (χ1n) is 9.77. The summed E-state index contributed by atoms with van der Waals surface area (Å²) < 4.78 is 7.90. The molecule has 8 nitrogen and oxygen atoms in total. The van der Waals surface area contributed by atoms with Gasteiger partial charge < -0.3 is 10.1 Å². The van der Waals surface area contributed by atoms with Crippen LogP contribution in [-0.2, 0) is 23.2 Å². The van der Waals surface area contributed by atoms with E-state index >= 15 is 0 Å². The molecule has 0 fully saturated rings. The van der Waals surface area contributed by atoms with Crippen molar-refractivity contribution in [1.29, 1.82) is 0 Å². The summed E-state index contributed by atoms with van der Waals surface area (Å²) in [7, 11) is 1.54. The molecule has 0 radical (unpaired) electrons. The Labute approximate surface area is 175 Å². The summed E-state index contributed by atoms with van der Waals surface area (Å²) in [4.78, 5) is 24.5. The maximum atomic E-state index is 12.6. The van der Waals surface area contributed by atoms with Gasteiger partial charge in [-0.25, -0.2) is 9.36 Å². The molecule has 8 heteroatoms. The topological polar surface area (TPSA) is 91.0 Å². The Hall–Kier alpha value is -3.26. The Morgan fingerprint density at radius 1 is 1.07 bits per heavy atom. The largest absolute Gasteiger partial charge is 0.383 e. The van der Waals surface area contributed by atoms with Crippen LogP contribution in [0.15, 0.2) is 53.5 Å². The average molecular weight is 409 g/mol. The minimum atomic E-state index is -0.411. The van der Waals surface area contributed by atoms with E-state index in [0.717, 1.165) is 5.56 Å². The lowest BCUT2D eigenvalue weighted by atomic mass is 9.87. The second kappa shape index (κ2) is 9.04. The number of ether oxygens (including phenoxy) is 1. The minimum Gasteiger partial charge on any atom is -0.383 e. The summed E-state index contributed by atoms with van der Waals surface area (Å²) in [6, 6.07) is 12.8. The van der Waals surface area contributed by atoms with Crippen LogP contribution < -0.4 is 10.9 Å². The number of methoxy groups -OCH3 is 1. The predicted molar refractivity (Wildman–Crippen MR) is 115 cm³/mol. The molecule has 0 spiro atoms. The van der Waals surface area contributed by atoms with Crippen LogP contribution in [-0.4, -0.2) is 39.2 Å². The second-order valence-electron chi connectivity index (χ2n) is 8.05. The van der Waals surface area contributed by atoms with Crippen LogP contribution in [0.25, 0.3) is 0 Å². The molecule has 2 aromatic heterocycles. The van der Waals surface area contributed by atoms with E-state index in [9.17, 15) is 9.59 Å². The Bertz CT molecular complexity index is 1060. The number of hydrogen-bond acceptors (Lipinski definition) is 5. The summed E-state index contributed by atoms with van der Waals surface area (Å²) in [5, 5.41) is 11.2. The molecular weight excluding hydrogens is 382 g/mol. The van der Waals surface area contributed by atoms with Crippen molar-refractivity contribution in [2.24, 2.45) is 0 Å². The summed E-state index contributed by atoms with van der Waals surface area (Å²) >= 11 is 0. The smallest absolute Gasteiger partial charge is 0.277 e. The van der Waals surface area contributed by atoms with Gasteiger partial charge in [-0.3, -0.25) is 9.59 Å². The van der Waals surface area contributed by atoms with Crippen molar-refractivity contribution in [3.05, 3.63) is 75.8 Å². The van der Waals surface area contributed by atoms with Crippen LogP contribution in [0.4, 0.5) is 5.82 Å². The maximum absolute atomic E-state index is 12.6. The molecule has 3 aromatic rings. The molecule has 0 bridgehead atoms. The van der Waals surface area contributed by atoms with E-state index in [4.69, 9.17) is 4.74 Å². The predicted octanol–water partition coefficient (Wildman–Crippen LogP) is 2.68. The lowest BCUT2D eigenvalue weighted by Crippen LogP contribution is -2.28. The van der Waals surface area contributed by atoms with Crippen LogP contribution in [0, 0.1) is 0 Å². The number of carbonyl (C=O) groups excluding carboxylic acids is 1. The van der Waals surface area contributed by atoms with E-state index < -0.39 is 5.91 Å². The Balaban J connectivity index is 1.73. The lowest BCUT2D eigenvalue weighted by Gasteiger charge is -2.19. The number of amides is 1. The maximum Gasteiger partial charge on any atom is 0.277 e. The second-order valence-corrected chi connectivity index (χ2v) is 8.05. The molecule has 1 N–H and O–H groups in total. The summed E-state index contributed by atoms with van der Waals surface area (Å²) in [5.74, 6) is 0.141. The number of aromatic nitrogens is 4. The van der Waals surface area contributed by atoms with Crippen molar-refractivity contribution in [3.63, 3.8) is 0 Å². The molecule has 1 aromatic carbocycles. The molecule has 0 aliphatic heterocycles. The first kappa shape index (κ1) is 21.4. The van der Waals surface area contributed by atoms with Gasteiger partial charge in [0.1, 0.15) is 11.5 Å². The van der Waals surface area contributed by atoms with E-state index in [2.05, 4.69) is 60.6 Å². The van der Waals surface area contributed by atoms with E-state index in [1.165, 1.54) is 22.4 Å². The number of benzene rings is 1. The molecule has 0 aliphatic carbocycles. The van der Waals surface area contributed by atoms with E-state index in [1.54, 1.807) is 24.1 Å². The van der Waals surface area contributed by atoms with Crippen LogP contribution in [0.3, 0.4) is 0 Å². The van der Waals surface area contributed by atoms with Gasteiger partial charge in [-0.15, -0.1) is 0 Å². The molecule has 0 saturated heterocycles. The highest BCUT2D eigenvalue weighted by molar-refractivity contribution is 6.02. The van der Waals surface area contributed by atoms with E-state index in [-0.39, 0.29) is 23.2 Å². The number of anilines is 1. The van der Waals surface area contributed by atoms with Gasteiger partial charge in [0.2, 0.25) is 0 Å². The van der Waals surface area contributed by atoms with E-state index in [1.807, 2.05) is 0 Å². The fraction of sp³-hybridized carbons (Fsp3) is 0.364. The van der Waals surface area contributed by atoms with Gasteiger partial charge >= 0.3 is 0 Å². The number of hydrogen-bond donors (Lipinski definition) is 1. The number of rotatable bonds is 7. The Kier molecular flexibility index (Phi) is 6.47. The molecular formula is C22H27N5O3. The van der Waals surface area contributed by atoms with Crippen molar-refractivity contribution < 1.29 is 9.53 Å². The average Bonchev–Trinajstić information content (AvgIpc) is 3.13. The van der Waals surface area contributed by atoms with Crippen molar-refractivity contribution in [2.75, 3.05) is 19.0 Å². The van der Waals surface area contributed by atoms with Gasteiger partial charge in [0.15, 0.2) is 0 Å². The monoisotopic (exact) mass is 409 g/mol. The highest BCUT2D eigenvalue weighted by Crippen LogP contribution is 2.22. The SMILES string of the molecule is COCCn1nc(C(=O)Nc2ccnn2Cc2ccc(C(C)(C)C)cc2)ccc1=O. The third kappa shape index (κ3) is 5.21. The fourth-order valence-electron chi connectivity index (χ4n) is 2.94. The third-order valence-corrected chi connectivity index (χ3v) is 4.72.